The van der Waals surface area contributed by atoms with E-state index in [1.165, 1.54) is 10.7 Å². The van der Waals surface area contributed by atoms with E-state index in [-0.39, 0.29) is 17.4 Å². The number of hydrogen-bond donors (Lipinski definition) is 2. The van der Waals surface area contributed by atoms with Crippen molar-refractivity contribution in [2.45, 2.75) is 44.4 Å². The van der Waals surface area contributed by atoms with Crippen molar-refractivity contribution in [1.82, 2.24) is 20.1 Å². The number of rotatable bonds is 6. The van der Waals surface area contributed by atoms with Crippen LogP contribution < -0.4 is 15.6 Å². The molecular weight excluding hydrogens is 416 g/mol. The number of hydrogen-bond acceptors (Lipinski definition) is 6. The predicted molar refractivity (Wildman–Crippen MR) is 119 cm³/mol. The molecular formula is C23H25F2N5O2. The van der Waals surface area contributed by atoms with Gasteiger partial charge in [-0.15, -0.1) is 0 Å². The number of alkyl halides is 2. The minimum atomic E-state index is -2.61. The zero-order valence-corrected chi connectivity index (χ0v) is 17.8. The number of allylic oxidation sites excluding steroid dienone is 5. The van der Waals surface area contributed by atoms with E-state index in [4.69, 9.17) is 10.1 Å². The van der Waals surface area contributed by atoms with E-state index in [0.717, 1.165) is 32.1 Å². The van der Waals surface area contributed by atoms with E-state index < -0.39 is 13.0 Å². The molecule has 0 atom stereocenters. The summed E-state index contributed by atoms with van der Waals surface area (Å²) in [5, 5.41) is 15.5. The molecule has 0 unspecified atom stereocenters. The molecule has 2 aromatic rings. The number of nitrogens with zero attached hydrogens (tertiary/aromatic N) is 3. The van der Waals surface area contributed by atoms with Crippen molar-refractivity contribution in [3.63, 3.8) is 0 Å². The SMILES string of the molecule is CN/C=C1/C=C(n2nc3ccc(OCC(F)F)nc3c(C3CCCCC3)c2=O)C=CC1=N. The van der Waals surface area contributed by atoms with E-state index in [1.807, 2.05) is 0 Å². The Morgan fingerprint density at radius 3 is 2.78 bits per heavy atom. The maximum absolute atomic E-state index is 13.6. The Labute approximate surface area is 184 Å². The van der Waals surface area contributed by atoms with Gasteiger partial charge in [-0.05, 0) is 43.1 Å². The maximum atomic E-state index is 13.6. The lowest BCUT2D eigenvalue weighted by atomic mass is 9.84. The molecule has 7 nitrogen and oxygen atoms in total. The molecule has 2 aliphatic carbocycles. The largest absolute Gasteiger partial charge is 0.472 e. The summed E-state index contributed by atoms with van der Waals surface area (Å²) in [6, 6.07) is 3.13. The molecule has 0 aromatic carbocycles. The van der Waals surface area contributed by atoms with Gasteiger partial charge in [0.1, 0.15) is 11.0 Å². The van der Waals surface area contributed by atoms with Crippen LogP contribution in [0.25, 0.3) is 16.7 Å². The molecule has 0 bridgehead atoms. The Bertz CT molecular complexity index is 1180. The quantitative estimate of drug-likeness (QED) is 0.706. The highest BCUT2D eigenvalue weighted by molar-refractivity contribution is 6.11. The third-order valence-corrected chi connectivity index (χ3v) is 5.68. The van der Waals surface area contributed by atoms with Gasteiger partial charge in [0.05, 0.1) is 17.0 Å². The van der Waals surface area contributed by atoms with Crippen molar-refractivity contribution in [3.8, 4) is 5.88 Å². The minimum absolute atomic E-state index is 0.0182. The van der Waals surface area contributed by atoms with Crippen LogP contribution in [0.1, 0.15) is 43.6 Å². The Kier molecular flexibility index (Phi) is 6.43. The van der Waals surface area contributed by atoms with Crippen molar-refractivity contribution < 1.29 is 13.5 Å². The first-order valence-electron chi connectivity index (χ1n) is 10.7. The molecule has 0 aliphatic heterocycles. The van der Waals surface area contributed by atoms with E-state index in [0.29, 0.717) is 33.6 Å². The summed E-state index contributed by atoms with van der Waals surface area (Å²) in [5.41, 5.74) is 2.67. The van der Waals surface area contributed by atoms with Crippen LogP contribution in [-0.2, 0) is 0 Å². The van der Waals surface area contributed by atoms with Gasteiger partial charge in [0.15, 0.2) is 6.61 Å². The molecule has 0 radical (unpaired) electrons. The van der Waals surface area contributed by atoms with E-state index in [1.54, 1.807) is 37.5 Å². The minimum Gasteiger partial charge on any atom is -0.472 e. The van der Waals surface area contributed by atoms with Crippen molar-refractivity contribution in [3.05, 3.63) is 58.1 Å². The van der Waals surface area contributed by atoms with Gasteiger partial charge in [-0.25, -0.2) is 13.8 Å². The molecule has 1 saturated carbocycles. The van der Waals surface area contributed by atoms with Crippen molar-refractivity contribution in [2.24, 2.45) is 0 Å². The van der Waals surface area contributed by atoms with Crippen LogP contribution in [-0.4, -0.2) is 40.6 Å². The normalized spacial score (nSPS) is 18.4. The second-order valence-electron chi connectivity index (χ2n) is 7.89. The smallest absolute Gasteiger partial charge is 0.277 e. The van der Waals surface area contributed by atoms with Gasteiger partial charge in [-0.1, -0.05) is 19.3 Å². The highest BCUT2D eigenvalue weighted by Crippen LogP contribution is 2.34. The van der Waals surface area contributed by atoms with Gasteiger partial charge in [-0.3, -0.25) is 4.79 Å². The Morgan fingerprint density at radius 2 is 2.06 bits per heavy atom. The molecule has 0 saturated heterocycles. The maximum Gasteiger partial charge on any atom is 0.277 e. The van der Waals surface area contributed by atoms with Crippen LogP contribution in [0, 0.1) is 5.41 Å². The summed E-state index contributed by atoms with van der Waals surface area (Å²) in [6.07, 6.45) is 9.01. The fraction of sp³-hybridized carbons (Fsp3) is 0.391. The van der Waals surface area contributed by atoms with E-state index in [2.05, 4.69) is 15.4 Å². The second-order valence-corrected chi connectivity index (χ2v) is 7.89. The molecule has 32 heavy (non-hydrogen) atoms. The molecule has 2 heterocycles. The van der Waals surface area contributed by atoms with Gasteiger partial charge >= 0.3 is 0 Å². The van der Waals surface area contributed by atoms with Gasteiger partial charge in [0.25, 0.3) is 12.0 Å². The summed E-state index contributed by atoms with van der Waals surface area (Å²) in [7, 11) is 1.74. The number of ether oxygens (including phenoxy) is 1. The van der Waals surface area contributed by atoms with Gasteiger partial charge in [0.2, 0.25) is 5.88 Å². The number of aromatic nitrogens is 3. The summed E-state index contributed by atoms with van der Waals surface area (Å²) in [5.74, 6) is 0.0721. The molecule has 2 aliphatic rings. The number of fused-ring (bicyclic) bond motifs is 1. The van der Waals surface area contributed by atoms with Crippen LogP contribution in [0.15, 0.2) is 46.9 Å². The second kappa shape index (κ2) is 9.42. The Morgan fingerprint density at radius 1 is 1.28 bits per heavy atom. The van der Waals surface area contributed by atoms with Crippen LogP contribution in [0.5, 0.6) is 5.88 Å². The van der Waals surface area contributed by atoms with Gasteiger partial charge in [0, 0.05) is 24.9 Å². The fourth-order valence-electron chi connectivity index (χ4n) is 4.20. The van der Waals surface area contributed by atoms with Crippen LogP contribution in [0.4, 0.5) is 8.78 Å². The molecule has 1 fully saturated rings. The number of pyridine rings is 1. The molecule has 2 aromatic heterocycles. The van der Waals surface area contributed by atoms with Crippen LogP contribution >= 0.6 is 0 Å². The summed E-state index contributed by atoms with van der Waals surface area (Å²) >= 11 is 0. The van der Waals surface area contributed by atoms with E-state index >= 15 is 0 Å². The highest BCUT2D eigenvalue weighted by Gasteiger charge is 2.25. The average Bonchev–Trinajstić information content (AvgIpc) is 2.79. The lowest BCUT2D eigenvalue weighted by Crippen LogP contribution is -2.29. The van der Waals surface area contributed by atoms with Gasteiger partial charge < -0.3 is 15.5 Å². The third-order valence-electron chi connectivity index (χ3n) is 5.68. The van der Waals surface area contributed by atoms with Crippen LogP contribution in [0.2, 0.25) is 0 Å². The fourth-order valence-corrected chi connectivity index (χ4v) is 4.20. The zero-order valence-electron chi connectivity index (χ0n) is 17.8. The lowest BCUT2D eigenvalue weighted by Gasteiger charge is -2.23. The topological polar surface area (TPSA) is 92.9 Å². The first-order valence-corrected chi connectivity index (χ1v) is 10.7. The van der Waals surface area contributed by atoms with Crippen LogP contribution in [0.3, 0.4) is 0 Å². The monoisotopic (exact) mass is 441 g/mol. The average molecular weight is 441 g/mol. The summed E-state index contributed by atoms with van der Waals surface area (Å²) in [4.78, 5) is 18.0. The van der Waals surface area contributed by atoms with E-state index in [9.17, 15) is 13.6 Å². The molecule has 168 valence electrons. The molecule has 0 amide bonds. The van der Waals surface area contributed by atoms with Crippen molar-refractivity contribution >= 4 is 22.4 Å². The Balaban J connectivity index is 1.87. The van der Waals surface area contributed by atoms with Gasteiger partial charge in [-0.2, -0.15) is 9.78 Å². The summed E-state index contributed by atoms with van der Waals surface area (Å²) < 4.78 is 31.6. The lowest BCUT2D eigenvalue weighted by molar-refractivity contribution is 0.0797. The Hall–Kier alpha value is -3.36. The third kappa shape index (κ3) is 4.46. The summed E-state index contributed by atoms with van der Waals surface area (Å²) in [6.45, 7) is -0.758. The molecule has 9 heteroatoms. The predicted octanol–water partition coefficient (Wildman–Crippen LogP) is 4.02. The standard InChI is InChI=1S/C23H25F2N5O2/c1-27-12-15-11-16(7-8-17(15)26)30-23(31)21(14-5-3-2-4-6-14)22-18(29-30)9-10-20(28-22)32-13-19(24)25/h7-12,14,19,26-27H,2-6,13H2,1H3/b15-12-,26-17?. The van der Waals surface area contributed by atoms with Crippen molar-refractivity contribution in [1.29, 1.82) is 5.41 Å². The molecule has 0 spiro atoms. The zero-order chi connectivity index (χ0) is 22.7. The van der Waals surface area contributed by atoms with Crippen molar-refractivity contribution in [2.75, 3.05) is 13.7 Å². The molecule has 2 N–H and O–H groups in total. The first-order chi connectivity index (χ1) is 15.5. The highest BCUT2D eigenvalue weighted by atomic mass is 19.3. The first kappa shape index (κ1) is 21.9. The number of nitrogens with one attached hydrogen (secondary N) is 2. The number of halogens is 2. The molecule has 4 rings (SSSR count).